The van der Waals surface area contributed by atoms with Crippen LogP contribution in [0.1, 0.15) is 29.3 Å². The van der Waals surface area contributed by atoms with Crippen molar-refractivity contribution in [3.8, 4) is 5.75 Å². The van der Waals surface area contributed by atoms with E-state index in [9.17, 15) is 4.79 Å². The molecule has 0 aliphatic heterocycles. The molecular weight excluding hydrogens is 356 g/mol. The topological polar surface area (TPSA) is 51.2 Å². The monoisotopic (exact) mass is 376 g/mol. The lowest BCUT2D eigenvalue weighted by Crippen LogP contribution is -2.30. The number of ether oxygens (including phenoxy) is 1. The predicted molar refractivity (Wildman–Crippen MR) is 96.0 cm³/mol. The Kier molecular flexibility index (Phi) is 5.42. The average molecular weight is 377 g/mol. The van der Waals surface area contributed by atoms with Crippen molar-refractivity contribution < 1.29 is 9.53 Å². The van der Waals surface area contributed by atoms with Crippen molar-refractivity contribution in [2.75, 3.05) is 5.32 Å². The zero-order valence-corrected chi connectivity index (χ0v) is 15.6. The molecule has 122 valence electrons. The summed E-state index contributed by atoms with van der Waals surface area (Å²) in [5, 5.41) is 2.78. The first kappa shape index (κ1) is 17.5. The third-order valence-electron chi connectivity index (χ3n) is 3.77. The summed E-state index contributed by atoms with van der Waals surface area (Å²) in [6, 6.07) is 7.44. The maximum atomic E-state index is 12.3. The van der Waals surface area contributed by atoms with Crippen LogP contribution in [0.15, 0.2) is 28.7 Å². The standard InChI is InChI=1S/C18H21BrN2O2/c1-10-9-15(12(3)13(4)17(10)19)23-14(5)18(22)21-16-8-6-7-11(2)20-16/h6-9,14H,1-5H3,(H,20,21,22). The molecule has 1 aromatic heterocycles. The molecule has 4 nitrogen and oxygen atoms in total. The summed E-state index contributed by atoms with van der Waals surface area (Å²) < 4.78 is 6.94. The number of nitrogens with zero attached hydrogens (tertiary/aromatic N) is 1. The SMILES string of the molecule is Cc1cccc(NC(=O)C(C)Oc2cc(C)c(Br)c(C)c2C)n1. The normalized spacial score (nSPS) is 11.9. The Morgan fingerprint density at radius 1 is 1.22 bits per heavy atom. The second kappa shape index (κ2) is 7.13. The van der Waals surface area contributed by atoms with Crippen LogP contribution in [0.25, 0.3) is 0 Å². The van der Waals surface area contributed by atoms with Gasteiger partial charge < -0.3 is 10.1 Å². The van der Waals surface area contributed by atoms with Gasteiger partial charge in [0, 0.05) is 10.2 Å². The van der Waals surface area contributed by atoms with Crippen molar-refractivity contribution in [1.82, 2.24) is 4.98 Å². The fourth-order valence-corrected chi connectivity index (χ4v) is 2.63. The summed E-state index contributed by atoms with van der Waals surface area (Å²) in [5.41, 5.74) is 4.08. The van der Waals surface area contributed by atoms with Crippen molar-refractivity contribution >= 4 is 27.7 Å². The predicted octanol–water partition coefficient (Wildman–Crippen LogP) is 4.48. The van der Waals surface area contributed by atoms with E-state index in [2.05, 4.69) is 26.2 Å². The lowest BCUT2D eigenvalue weighted by molar-refractivity contribution is -0.122. The van der Waals surface area contributed by atoms with Crippen LogP contribution < -0.4 is 10.1 Å². The molecule has 0 saturated carbocycles. The van der Waals surface area contributed by atoms with E-state index in [1.165, 1.54) is 0 Å². The largest absolute Gasteiger partial charge is 0.481 e. The van der Waals surface area contributed by atoms with E-state index in [4.69, 9.17) is 4.74 Å². The zero-order valence-electron chi connectivity index (χ0n) is 14.0. The van der Waals surface area contributed by atoms with E-state index in [0.717, 1.165) is 32.6 Å². The Bertz CT molecular complexity index is 744. The summed E-state index contributed by atoms with van der Waals surface area (Å²) in [5.74, 6) is 1.04. The van der Waals surface area contributed by atoms with E-state index in [1.807, 2.05) is 45.9 Å². The van der Waals surface area contributed by atoms with Crippen LogP contribution in [0, 0.1) is 27.7 Å². The first-order valence-electron chi connectivity index (χ1n) is 7.47. The second-order valence-electron chi connectivity index (χ2n) is 5.67. The summed E-state index contributed by atoms with van der Waals surface area (Å²) in [6.45, 7) is 9.64. The minimum absolute atomic E-state index is 0.222. The highest BCUT2D eigenvalue weighted by Gasteiger charge is 2.18. The number of aromatic nitrogens is 1. The van der Waals surface area contributed by atoms with Gasteiger partial charge in [-0.05, 0) is 69.5 Å². The summed E-state index contributed by atoms with van der Waals surface area (Å²) in [7, 11) is 0. The fraction of sp³-hybridized carbons (Fsp3) is 0.333. The molecule has 5 heteroatoms. The number of nitrogens with one attached hydrogen (secondary N) is 1. The van der Waals surface area contributed by atoms with Crippen molar-refractivity contribution in [1.29, 1.82) is 0 Å². The molecule has 0 spiro atoms. The number of pyridine rings is 1. The van der Waals surface area contributed by atoms with Gasteiger partial charge in [0.25, 0.3) is 5.91 Å². The van der Waals surface area contributed by atoms with Gasteiger partial charge >= 0.3 is 0 Å². The van der Waals surface area contributed by atoms with E-state index < -0.39 is 6.10 Å². The fourth-order valence-electron chi connectivity index (χ4n) is 2.22. The summed E-state index contributed by atoms with van der Waals surface area (Å²) in [6.07, 6.45) is -0.615. The molecule has 1 atom stereocenters. The van der Waals surface area contributed by atoms with Gasteiger partial charge in [0.15, 0.2) is 6.10 Å². The molecule has 2 aromatic rings. The number of hydrogen-bond acceptors (Lipinski definition) is 3. The van der Waals surface area contributed by atoms with Gasteiger partial charge in [0.2, 0.25) is 0 Å². The van der Waals surface area contributed by atoms with E-state index in [-0.39, 0.29) is 5.91 Å². The van der Waals surface area contributed by atoms with Crippen LogP contribution in [-0.2, 0) is 4.79 Å². The van der Waals surface area contributed by atoms with Gasteiger partial charge in [0.05, 0.1) is 0 Å². The van der Waals surface area contributed by atoms with Gasteiger partial charge in [-0.25, -0.2) is 4.98 Å². The van der Waals surface area contributed by atoms with E-state index in [0.29, 0.717) is 5.82 Å². The molecule has 1 aromatic carbocycles. The van der Waals surface area contributed by atoms with Crippen molar-refractivity contribution in [3.05, 3.63) is 51.1 Å². The highest BCUT2D eigenvalue weighted by atomic mass is 79.9. The van der Waals surface area contributed by atoms with Gasteiger partial charge in [-0.3, -0.25) is 4.79 Å². The Balaban J connectivity index is 2.13. The molecule has 0 fully saturated rings. The lowest BCUT2D eigenvalue weighted by atomic mass is 10.1. The molecular formula is C18H21BrN2O2. The third-order valence-corrected chi connectivity index (χ3v) is 4.99. The lowest BCUT2D eigenvalue weighted by Gasteiger charge is -2.18. The maximum absolute atomic E-state index is 12.3. The first-order chi connectivity index (χ1) is 10.8. The molecule has 1 N–H and O–H groups in total. The Morgan fingerprint density at radius 3 is 2.57 bits per heavy atom. The zero-order chi connectivity index (χ0) is 17.1. The number of benzene rings is 1. The van der Waals surface area contributed by atoms with E-state index in [1.54, 1.807) is 13.0 Å². The number of carbonyl (C=O) groups is 1. The Labute approximate surface area is 145 Å². The number of carbonyl (C=O) groups excluding carboxylic acids is 1. The molecule has 2 rings (SSSR count). The smallest absolute Gasteiger partial charge is 0.266 e. The minimum Gasteiger partial charge on any atom is -0.481 e. The molecule has 1 amide bonds. The second-order valence-corrected chi connectivity index (χ2v) is 6.46. The van der Waals surface area contributed by atoms with Crippen molar-refractivity contribution in [3.63, 3.8) is 0 Å². The van der Waals surface area contributed by atoms with Gasteiger partial charge in [0.1, 0.15) is 11.6 Å². The molecule has 0 aliphatic carbocycles. The van der Waals surface area contributed by atoms with Crippen LogP contribution in [0.3, 0.4) is 0 Å². The Morgan fingerprint density at radius 2 is 1.91 bits per heavy atom. The van der Waals surface area contributed by atoms with Crippen molar-refractivity contribution in [2.24, 2.45) is 0 Å². The van der Waals surface area contributed by atoms with Gasteiger partial charge in [-0.2, -0.15) is 0 Å². The minimum atomic E-state index is -0.615. The van der Waals surface area contributed by atoms with Crippen LogP contribution in [0.2, 0.25) is 0 Å². The van der Waals surface area contributed by atoms with Crippen LogP contribution in [0.5, 0.6) is 5.75 Å². The number of aryl methyl sites for hydroxylation is 2. The first-order valence-corrected chi connectivity index (χ1v) is 8.26. The molecule has 23 heavy (non-hydrogen) atoms. The molecule has 0 aliphatic rings. The number of anilines is 1. The number of rotatable bonds is 4. The number of hydrogen-bond donors (Lipinski definition) is 1. The molecule has 1 unspecified atom stereocenters. The van der Waals surface area contributed by atoms with Crippen molar-refractivity contribution in [2.45, 2.75) is 40.7 Å². The molecule has 0 radical (unpaired) electrons. The van der Waals surface area contributed by atoms with Crippen LogP contribution >= 0.6 is 15.9 Å². The molecule has 1 heterocycles. The summed E-state index contributed by atoms with van der Waals surface area (Å²) in [4.78, 5) is 16.6. The number of halogens is 1. The Hall–Kier alpha value is -1.88. The van der Waals surface area contributed by atoms with Crippen LogP contribution in [0.4, 0.5) is 5.82 Å². The highest BCUT2D eigenvalue weighted by Crippen LogP contribution is 2.31. The van der Waals surface area contributed by atoms with Gasteiger partial charge in [-0.1, -0.05) is 22.0 Å². The average Bonchev–Trinajstić information content (AvgIpc) is 2.50. The quantitative estimate of drug-likeness (QED) is 0.855. The van der Waals surface area contributed by atoms with Gasteiger partial charge in [-0.15, -0.1) is 0 Å². The maximum Gasteiger partial charge on any atom is 0.266 e. The number of amides is 1. The van der Waals surface area contributed by atoms with Crippen LogP contribution in [-0.4, -0.2) is 17.0 Å². The highest BCUT2D eigenvalue weighted by molar-refractivity contribution is 9.10. The molecule has 0 bridgehead atoms. The molecule has 0 saturated heterocycles. The van der Waals surface area contributed by atoms with E-state index >= 15 is 0 Å². The third kappa shape index (κ3) is 4.10. The summed E-state index contributed by atoms with van der Waals surface area (Å²) >= 11 is 3.57.